The molecule has 182 valence electrons. The van der Waals surface area contributed by atoms with Gasteiger partial charge < -0.3 is 0 Å². The fourth-order valence-corrected chi connectivity index (χ4v) is 5.13. The lowest BCUT2D eigenvalue weighted by Crippen LogP contribution is -2.06. The van der Waals surface area contributed by atoms with Gasteiger partial charge in [0.1, 0.15) is 11.4 Å². The van der Waals surface area contributed by atoms with E-state index in [1.54, 1.807) is 12.4 Å². The molecular weight excluding hydrogens is 492 g/mol. The number of halogens is 1. The summed E-state index contributed by atoms with van der Waals surface area (Å²) >= 11 is 6.31. The maximum Gasteiger partial charge on any atom is 0.163 e. The van der Waals surface area contributed by atoms with Crippen molar-refractivity contribution in [1.82, 2.24) is 28.7 Å². The highest BCUT2D eigenvalue weighted by atomic mass is 35.5. The summed E-state index contributed by atoms with van der Waals surface area (Å²) in [6.45, 7) is 0. The Morgan fingerprint density at radius 1 is 0.553 bits per heavy atom. The molecule has 0 radical (unpaired) electrons. The Morgan fingerprint density at radius 2 is 1.05 bits per heavy atom. The summed E-state index contributed by atoms with van der Waals surface area (Å²) in [5, 5.41) is 0.681. The van der Waals surface area contributed by atoms with E-state index in [-0.39, 0.29) is 5.92 Å². The summed E-state index contributed by atoms with van der Waals surface area (Å²) in [4.78, 5) is 19.6. The molecule has 38 heavy (non-hydrogen) atoms. The van der Waals surface area contributed by atoms with Crippen LogP contribution in [-0.2, 0) is 0 Å². The van der Waals surface area contributed by atoms with E-state index < -0.39 is 0 Å². The molecule has 0 bridgehead atoms. The summed E-state index contributed by atoms with van der Waals surface area (Å²) in [6.07, 6.45) is 7.63. The third kappa shape index (κ3) is 3.74. The molecule has 0 amide bonds. The van der Waals surface area contributed by atoms with E-state index in [1.807, 2.05) is 85.2 Å². The van der Waals surface area contributed by atoms with Gasteiger partial charge in [0.05, 0.1) is 28.3 Å². The van der Waals surface area contributed by atoms with Crippen LogP contribution < -0.4 is 0 Å². The Morgan fingerprint density at radius 3 is 1.53 bits per heavy atom. The lowest BCUT2D eigenvalue weighted by Gasteiger charge is -2.15. The summed E-state index contributed by atoms with van der Waals surface area (Å²) in [6, 6.07) is 31.9. The van der Waals surface area contributed by atoms with Crippen LogP contribution in [0.15, 0.2) is 122 Å². The summed E-state index contributed by atoms with van der Waals surface area (Å²) < 4.78 is 4.19. The Hall–Kier alpha value is -4.81. The standard InChI is InChI=1S/C31H21ClN6/c32-22-15-13-21(14-16-22)27(28-25-11-3-7-19-37(25)30(35-28)23-9-1-5-17-33-23)29-26-12-4-8-20-38(26)31(36-29)24-10-2-6-18-34-24/h1-20,27H. The highest BCUT2D eigenvalue weighted by Crippen LogP contribution is 2.39. The molecule has 0 aliphatic rings. The molecule has 6 nitrogen and oxygen atoms in total. The van der Waals surface area contributed by atoms with E-state index in [1.165, 1.54) is 0 Å². The zero-order valence-electron chi connectivity index (χ0n) is 20.2. The minimum atomic E-state index is -0.267. The molecule has 7 rings (SSSR count). The zero-order valence-corrected chi connectivity index (χ0v) is 20.9. The van der Waals surface area contributed by atoms with Gasteiger partial charge in [-0.2, -0.15) is 0 Å². The lowest BCUT2D eigenvalue weighted by molar-refractivity contribution is 0.915. The maximum atomic E-state index is 6.31. The molecule has 7 aromatic rings. The number of imidazole rings is 2. The first-order valence-corrected chi connectivity index (χ1v) is 12.7. The second kappa shape index (κ2) is 9.25. The van der Waals surface area contributed by atoms with Gasteiger partial charge in [-0.3, -0.25) is 18.8 Å². The molecule has 6 aromatic heterocycles. The maximum absolute atomic E-state index is 6.31. The van der Waals surface area contributed by atoms with Gasteiger partial charge in [-0.15, -0.1) is 0 Å². The van der Waals surface area contributed by atoms with E-state index in [9.17, 15) is 0 Å². The number of rotatable bonds is 5. The molecule has 6 heterocycles. The summed E-state index contributed by atoms with van der Waals surface area (Å²) in [5.74, 6) is 1.30. The fourth-order valence-electron chi connectivity index (χ4n) is 5.00. The Kier molecular flexibility index (Phi) is 5.45. The quantitative estimate of drug-likeness (QED) is 0.250. The van der Waals surface area contributed by atoms with Gasteiger partial charge in [-0.1, -0.05) is 48.0 Å². The smallest absolute Gasteiger partial charge is 0.163 e. The molecule has 0 N–H and O–H groups in total. The van der Waals surface area contributed by atoms with Crippen molar-refractivity contribution in [1.29, 1.82) is 0 Å². The van der Waals surface area contributed by atoms with Gasteiger partial charge in [-0.05, 0) is 66.2 Å². The van der Waals surface area contributed by atoms with Crippen LogP contribution in [0, 0.1) is 0 Å². The molecule has 1 aromatic carbocycles. The van der Waals surface area contributed by atoms with E-state index in [0.717, 1.165) is 51.0 Å². The van der Waals surface area contributed by atoms with Crippen LogP contribution in [0.1, 0.15) is 22.9 Å². The molecular formula is C31H21ClN6. The van der Waals surface area contributed by atoms with Crippen LogP contribution in [0.2, 0.25) is 5.02 Å². The van der Waals surface area contributed by atoms with Crippen LogP contribution in [0.5, 0.6) is 0 Å². The van der Waals surface area contributed by atoms with Crippen molar-refractivity contribution in [3.8, 4) is 23.0 Å². The number of pyridine rings is 4. The first-order valence-electron chi connectivity index (χ1n) is 12.3. The average molecular weight is 513 g/mol. The van der Waals surface area contributed by atoms with E-state index in [0.29, 0.717) is 5.02 Å². The third-order valence-corrected chi connectivity index (χ3v) is 6.94. The highest BCUT2D eigenvalue weighted by molar-refractivity contribution is 6.30. The topological polar surface area (TPSA) is 60.4 Å². The van der Waals surface area contributed by atoms with Crippen molar-refractivity contribution < 1.29 is 0 Å². The SMILES string of the molecule is Clc1ccc(C(c2nc(-c3ccccn3)n3ccccc23)c2nc(-c3ccccn3)n3ccccc23)cc1. The van der Waals surface area contributed by atoms with Crippen molar-refractivity contribution in [3.05, 3.63) is 144 Å². The van der Waals surface area contributed by atoms with Crippen molar-refractivity contribution in [3.63, 3.8) is 0 Å². The minimum absolute atomic E-state index is 0.267. The van der Waals surface area contributed by atoms with Crippen molar-refractivity contribution in [2.75, 3.05) is 0 Å². The first-order chi connectivity index (χ1) is 18.8. The van der Waals surface area contributed by atoms with Crippen LogP contribution in [0.3, 0.4) is 0 Å². The van der Waals surface area contributed by atoms with Gasteiger partial charge in [0, 0.05) is 29.8 Å². The molecule has 7 heteroatoms. The van der Waals surface area contributed by atoms with Crippen LogP contribution in [-0.4, -0.2) is 28.7 Å². The molecule has 0 fully saturated rings. The van der Waals surface area contributed by atoms with E-state index in [2.05, 4.69) is 43.0 Å². The van der Waals surface area contributed by atoms with Gasteiger partial charge in [-0.25, -0.2) is 9.97 Å². The molecule has 0 saturated heterocycles. The Balaban J connectivity index is 1.54. The molecule has 0 aliphatic carbocycles. The normalized spacial score (nSPS) is 11.5. The van der Waals surface area contributed by atoms with Crippen LogP contribution in [0.4, 0.5) is 0 Å². The van der Waals surface area contributed by atoms with Gasteiger partial charge in [0.25, 0.3) is 0 Å². The van der Waals surface area contributed by atoms with Crippen molar-refractivity contribution in [2.45, 2.75) is 5.92 Å². The number of hydrogen-bond acceptors (Lipinski definition) is 4. The van der Waals surface area contributed by atoms with Crippen molar-refractivity contribution >= 4 is 22.6 Å². The second-order valence-corrected chi connectivity index (χ2v) is 9.40. The van der Waals surface area contributed by atoms with Crippen molar-refractivity contribution in [2.24, 2.45) is 0 Å². The van der Waals surface area contributed by atoms with Gasteiger partial charge >= 0.3 is 0 Å². The number of hydrogen-bond donors (Lipinski definition) is 0. The lowest BCUT2D eigenvalue weighted by atomic mass is 9.91. The number of nitrogens with zero attached hydrogens (tertiary/aromatic N) is 6. The molecule has 0 unspecified atom stereocenters. The average Bonchev–Trinajstić information content (AvgIpc) is 3.55. The Labute approximate surface area is 223 Å². The number of aromatic nitrogens is 6. The summed E-state index contributed by atoms with van der Waals surface area (Å²) in [5.41, 5.74) is 6.42. The van der Waals surface area contributed by atoms with Crippen LogP contribution in [0.25, 0.3) is 34.1 Å². The fraction of sp³-hybridized carbons (Fsp3) is 0.0323. The first kappa shape index (κ1) is 22.4. The molecule has 0 spiro atoms. The number of fused-ring (bicyclic) bond motifs is 2. The second-order valence-electron chi connectivity index (χ2n) is 8.97. The van der Waals surface area contributed by atoms with E-state index in [4.69, 9.17) is 21.6 Å². The number of benzene rings is 1. The largest absolute Gasteiger partial charge is 0.298 e. The zero-order chi connectivity index (χ0) is 25.5. The monoisotopic (exact) mass is 512 g/mol. The third-order valence-electron chi connectivity index (χ3n) is 6.69. The van der Waals surface area contributed by atoms with Crippen LogP contribution >= 0.6 is 11.6 Å². The predicted molar refractivity (Wildman–Crippen MR) is 149 cm³/mol. The van der Waals surface area contributed by atoms with Gasteiger partial charge in [0.2, 0.25) is 0 Å². The Bertz CT molecular complexity index is 1760. The predicted octanol–water partition coefficient (Wildman–Crippen LogP) is 6.94. The minimum Gasteiger partial charge on any atom is -0.298 e. The molecule has 0 aliphatic heterocycles. The van der Waals surface area contributed by atoms with E-state index >= 15 is 0 Å². The molecule has 0 atom stereocenters. The summed E-state index contributed by atoms with van der Waals surface area (Å²) in [7, 11) is 0. The molecule has 0 saturated carbocycles. The highest BCUT2D eigenvalue weighted by Gasteiger charge is 2.29. The van der Waals surface area contributed by atoms with Gasteiger partial charge in [0.15, 0.2) is 11.6 Å².